The van der Waals surface area contributed by atoms with E-state index in [1.165, 1.54) is 17.1 Å². The van der Waals surface area contributed by atoms with Crippen LogP contribution in [0, 0.1) is 0 Å². The van der Waals surface area contributed by atoms with E-state index < -0.39 is 5.97 Å². The van der Waals surface area contributed by atoms with Crippen molar-refractivity contribution in [1.82, 2.24) is 4.98 Å². The lowest BCUT2D eigenvalue weighted by Crippen LogP contribution is -2.20. The highest BCUT2D eigenvalue weighted by atomic mass is 32.1. The fraction of sp³-hybridized carbons (Fsp3) is 0.167. The van der Waals surface area contributed by atoms with Gasteiger partial charge in [-0.1, -0.05) is 6.07 Å². The lowest BCUT2D eigenvalue weighted by Gasteiger charge is -2.19. The third-order valence-corrected chi connectivity index (χ3v) is 3.40. The number of thiophene rings is 1. The molecule has 0 aliphatic heterocycles. The van der Waals surface area contributed by atoms with Crippen molar-refractivity contribution in [3.05, 3.63) is 40.2 Å². The largest absolute Gasteiger partial charge is 0.478 e. The molecule has 0 aromatic carbocycles. The van der Waals surface area contributed by atoms with Crippen molar-refractivity contribution in [3.63, 3.8) is 0 Å². The van der Waals surface area contributed by atoms with Gasteiger partial charge in [-0.05, 0) is 17.5 Å². The third kappa shape index (κ3) is 2.43. The molecule has 0 saturated heterocycles. The first-order valence-electron chi connectivity index (χ1n) is 5.31. The van der Waals surface area contributed by atoms with Crippen LogP contribution >= 0.6 is 11.3 Å². The number of aromatic nitrogens is 1. The number of hydrogen-bond donors (Lipinski definition) is 2. The van der Waals surface area contributed by atoms with E-state index in [0.717, 1.165) is 0 Å². The zero-order valence-corrected chi connectivity index (χ0v) is 10.6. The van der Waals surface area contributed by atoms with Gasteiger partial charge in [0.15, 0.2) is 5.82 Å². The summed E-state index contributed by atoms with van der Waals surface area (Å²) in [5.74, 6) is -0.552. The average molecular weight is 263 g/mol. The number of pyridine rings is 1. The number of carboxylic acids is 1. The van der Waals surface area contributed by atoms with Crippen molar-refractivity contribution in [2.45, 2.75) is 6.54 Å². The minimum absolute atomic E-state index is 0.0815. The molecule has 2 aromatic heterocycles. The molecule has 0 atom stereocenters. The number of nitrogens with zero attached hydrogens (tertiary/aromatic N) is 2. The molecule has 0 aliphatic rings. The predicted octanol–water partition coefficient (Wildman–Crippen LogP) is 2.06. The number of anilines is 2. The van der Waals surface area contributed by atoms with Gasteiger partial charge in [-0.2, -0.15) is 0 Å². The fourth-order valence-corrected chi connectivity index (χ4v) is 2.42. The Morgan fingerprint density at radius 2 is 2.33 bits per heavy atom. The molecule has 0 radical (unpaired) electrons. The topological polar surface area (TPSA) is 79.5 Å². The molecule has 18 heavy (non-hydrogen) atoms. The lowest BCUT2D eigenvalue weighted by molar-refractivity contribution is 0.0698. The normalized spacial score (nSPS) is 10.3. The molecular weight excluding hydrogens is 250 g/mol. The lowest BCUT2D eigenvalue weighted by atomic mass is 10.2. The molecule has 94 valence electrons. The summed E-state index contributed by atoms with van der Waals surface area (Å²) in [6.45, 7) is 0.651. The molecule has 0 saturated carbocycles. The number of aromatic carboxylic acids is 1. The van der Waals surface area contributed by atoms with E-state index in [2.05, 4.69) is 4.98 Å². The Balaban J connectivity index is 2.27. The maximum Gasteiger partial charge on any atom is 0.337 e. The molecule has 0 amide bonds. The number of nitrogens with two attached hydrogens (primary N) is 1. The molecule has 3 N–H and O–H groups in total. The zero-order chi connectivity index (χ0) is 13.1. The number of hydrogen-bond acceptors (Lipinski definition) is 5. The number of carbonyl (C=O) groups is 1. The Hall–Kier alpha value is -2.08. The second-order valence-corrected chi connectivity index (χ2v) is 4.87. The molecule has 2 aromatic rings. The van der Waals surface area contributed by atoms with Gasteiger partial charge in [-0.15, -0.1) is 11.3 Å². The molecule has 0 unspecified atom stereocenters. The van der Waals surface area contributed by atoms with Gasteiger partial charge in [-0.3, -0.25) is 0 Å². The van der Waals surface area contributed by atoms with Crippen molar-refractivity contribution in [1.29, 1.82) is 0 Å². The van der Waals surface area contributed by atoms with Crippen LogP contribution in [-0.4, -0.2) is 23.1 Å². The smallest absolute Gasteiger partial charge is 0.337 e. The van der Waals surface area contributed by atoms with Gasteiger partial charge in [0.2, 0.25) is 0 Å². The molecular formula is C12H13N3O2S. The first-order chi connectivity index (χ1) is 8.59. The highest BCUT2D eigenvalue weighted by molar-refractivity contribution is 7.09. The summed E-state index contributed by atoms with van der Waals surface area (Å²) < 4.78 is 0. The van der Waals surface area contributed by atoms with E-state index in [1.54, 1.807) is 11.3 Å². The van der Waals surface area contributed by atoms with Gasteiger partial charge >= 0.3 is 5.97 Å². The van der Waals surface area contributed by atoms with Crippen LogP contribution in [0.15, 0.2) is 29.8 Å². The molecule has 5 nitrogen and oxygen atoms in total. The minimum Gasteiger partial charge on any atom is -0.478 e. The molecule has 2 heterocycles. The SMILES string of the molecule is CN(Cc1cccs1)c1nccc(C(=O)O)c1N. The molecule has 0 bridgehead atoms. The minimum atomic E-state index is -1.04. The monoisotopic (exact) mass is 263 g/mol. The number of rotatable bonds is 4. The van der Waals surface area contributed by atoms with Gasteiger partial charge in [0.05, 0.1) is 17.8 Å². The Bertz CT molecular complexity index is 554. The van der Waals surface area contributed by atoms with Crippen LogP contribution in [0.4, 0.5) is 11.5 Å². The first-order valence-corrected chi connectivity index (χ1v) is 6.19. The molecule has 0 fully saturated rings. The second-order valence-electron chi connectivity index (χ2n) is 3.84. The standard InChI is InChI=1S/C12H13N3O2S/c1-15(7-8-3-2-6-18-8)11-10(13)9(12(16)17)4-5-14-11/h2-6H,7,13H2,1H3,(H,16,17). The van der Waals surface area contributed by atoms with Crippen LogP contribution in [0.1, 0.15) is 15.2 Å². The Morgan fingerprint density at radius 3 is 2.94 bits per heavy atom. The van der Waals surface area contributed by atoms with E-state index in [-0.39, 0.29) is 11.3 Å². The summed E-state index contributed by atoms with van der Waals surface area (Å²) in [6.07, 6.45) is 1.46. The van der Waals surface area contributed by atoms with Crippen molar-refractivity contribution in [3.8, 4) is 0 Å². The summed E-state index contributed by atoms with van der Waals surface area (Å²) in [5, 5.41) is 11.0. The molecule has 2 rings (SSSR count). The van der Waals surface area contributed by atoms with E-state index in [9.17, 15) is 4.79 Å². The average Bonchev–Trinajstić information content (AvgIpc) is 2.81. The van der Waals surface area contributed by atoms with E-state index in [0.29, 0.717) is 12.4 Å². The fourth-order valence-electron chi connectivity index (χ4n) is 1.66. The van der Waals surface area contributed by atoms with Crippen LogP contribution < -0.4 is 10.6 Å². The molecule has 0 aliphatic carbocycles. The number of nitrogen functional groups attached to an aromatic ring is 1. The van der Waals surface area contributed by atoms with Crippen LogP contribution in [0.2, 0.25) is 0 Å². The van der Waals surface area contributed by atoms with E-state index in [1.807, 2.05) is 29.5 Å². The van der Waals surface area contributed by atoms with Crippen molar-refractivity contribution >= 4 is 28.8 Å². The van der Waals surface area contributed by atoms with Crippen molar-refractivity contribution < 1.29 is 9.90 Å². The van der Waals surface area contributed by atoms with Crippen LogP contribution in [0.25, 0.3) is 0 Å². The van der Waals surface area contributed by atoms with Crippen molar-refractivity contribution in [2.75, 3.05) is 17.7 Å². The summed E-state index contributed by atoms with van der Waals surface area (Å²) >= 11 is 1.64. The Morgan fingerprint density at radius 1 is 1.56 bits per heavy atom. The summed E-state index contributed by atoms with van der Waals surface area (Å²) in [5.41, 5.74) is 6.11. The van der Waals surface area contributed by atoms with E-state index in [4.69, 9.17) is 10.8 Å². The first kappa shape index (κ1) is 12.4. The maximum absolute atomic E-state index is 11.0. The third-order valence-electron chi connectivity index (χ3n) is 2.53. The van der Waals surface area contributed by atoms with Crippen LogP contribution in [-0.2, 0) is 6.54 Å². The van der Waals surface area contributed by atoms with Crippen LogP contribution in [0.3, 0.4) is 0 Å². The van der Waals surface area contributed by atoms with Crippen LogP contribution in [0.5, 0.6) is 0 Å². The Kier molecular flexibility index (Phi) is 3.47. The van der Waals surface area contributed by atoms with Gasteiger partial charge in [0.1, 0.15) is 0 Å². The molecule has 6 heteroatoms. The number of carboxylic acid groups (broad SMARTS) is 1. The maximum atomic E-state index is 11.0. The van der Waals surface area contributed by atoms with Gasteiger partial charge < -0.3 is 15.7 Å². The second kappa shape index (κ2) is 5.05. The quantitative estimate of drug-likeness (QED) is 0.882. The highest BCUT2D eigenvalue weighted by Gasteiger charge is 2.15. The summed E-state index contributed by atoms with van der Waals surface area (Å²) in [6, 6.07) is 5.39. The summed E-state index contributed by atoms with van der Waals surface area (Å²) in [4.78, 5) is 18.1. The molecule has 0 spiro atoms. The van der Waals surface area contributed by atoms with Crippen molar-refractivity contribution in [2.24, 2.45) is 0 Å². The predicted molar refractivity (Wildman–Crippen MR) is 72.0 cm³/mol. The Labute approximate surface area is 108 Å². The van der Waals surface area contributed by atoms with Gasteiger partial charge in [0.25, 0.3) is 0 Å². The van der Waals surface area contributed by atoms with Gasteiger partial charge in [-0.25, -0.2) is 9.78 Å². The highest BCUT2D eigenvalue weighted by Crippen LogP contribution is 2.25. The zero-order valence-electron chi connectivity index (χ0n) is 9.83. The summed E-state index contributed by atoms with van der Waals surface area (Å²) in [7, 11) is 1.84. The van der Waals surface area contributed by atoms with Gasteiger partial charge in [0, 0.05) is 18.1 Å². The van der Waals surface area contributed by atoms with E-state index >= 15 is 0 Å².